The van der Waals surface area contributed by atoms with E-state index >= 15 is 0 Å². The Labute approximate surface area is 147 Å². The van der Waals surface area contributed by atoms with Gasteiger partial charge in [-0.25, -0.2) is 9.97 Å². The minimum Gasteiger partial charge on any atom is -0.395 e. The van der Waals surface area contributed by atoms with Crippen LogP contribution in [0.15, 0.2) is 40.0 Å². The zero-order valence-corrected chi connectivity index (χ0v) is 15.1. The van der Waals surface area contributed by atoms with Crippen LogP contribution >= 0.6 is 27.7 Å². The smallest absolute Gasteiger partial charge is 0.229 e. The number of halogens is 1. The van der Waals surface area contributed by atoms with Crippen LogP contribution < -0.4 is 4.90 Å². The zero-order chi connectivity index (χ0) is 16.4. The van der Waals surface area contributed by atoms with Gasteiger partial charge in [0, 0.05) is 29.5 Å². The van der Waals surface area contributed by atoms with Crippen molar-refractivity contribution in [2.45, 2.75) is 17.2 Å². The molecule has 23 heavy (non-hydrogen) atoms. The fraction of sp³-hybridized carbons (Fsp3) is 0.375. The molecule has 0 fully saturated rings. The zero-order valence-electron chi connectivity index (χ0n) is 12.7. The lowest BCUT2D eigenvalue weighted by Gasteiger charge is -2.25. The number of fused-ring (bicyclic) bond motifs is 1. The molecule has 1 aliphatic rings. The van der Waals surface area contributed by atoms with E-state index in [4.69, 9.17) is 0 Å². The van der Waals surface area contributed by atoms with E-state index in [1.54, 1.807) is 24.2 Å². The number of hydrogen-bond donors (Lipinski definition) is 2. The number of anilines is 2. The monoisotopic (exact) mass is 395 g/mol. The minimum atomic E-state index is -0.693. The summed E-state index contributed by atoms with van der Waals surface area (Å²) in [6.07, 6.45) is 3.40. The van der Waals surface area contributed by atoms with E-state index in [9.17, 15) is 10.2 Å². The molecule has 0 saturated heterocycles. The van der Waals surface area contributed by atoms with Gasteiger partial charge in [0.05, 0.1) is 23.1 Å². The Balaban J connectivity index is 2.10. The van der Waals surface area contributed by atoms with Gasteiger partial charge in [-0.15, -0.1) is 11.8 Å². The molecule has 0 unspecified atom stereocenters. The van der Waals surface area contributed by atoms with Crippen LogP contribution in [0.4, 0.5) is 11.6 Å². The van der Waals surface area contributed by atoms with Crippen molar-refractivity contribution in [2.24, 2.45) is 0 Å². The first kappa shape index (κ1) is 16.7. The molecule has 0 aliphatic carbocycles. The third-order valence-electron chi connectivity index (χ3n) is 4.06. The van der Waals surface area contributed by atoms with Crippen LogP contribution in [0.5, 0.6) is 0 Å². The molecule has 1 aromatic heterocycles. The fourth-order valence-corrected chi connectivity index (χ4v) is 3.75. The predicted molar refractivity (Wildman–Crippen MR) is 95.4 cm³/mol. The van der Waals surface area contributed by atoms with Gasteiger partial charge in [0.2, 0.25) is 5.95 Å². The van der Waals surface area contributed by atoms with Crippen molar-refractivity contribution in [1.82, 2.24) is 9.97 Å². The number of benzene rings is 1. The molecule has 0 radical (unpaired) electrons. The summed E-state index contributed by atoms with van der Waals surface area (Å²) in [6, 6.07) is 6.12. The molecule has 2 aromatic rings. The van der Waals surface area contributed by atoms with E-state index in [2.05, 4.69) is 38.9 Å². The van der Waals surface area contributed by atoms with Crippen LogP contribution in [0.1, 0.15) is 12.5 Å². The van der Waals surface area contributed by atoms with Crippen LogP contribution in [0.2, 0.25) is 0 Å². The largest absolute Gasteiger partial charge is 0.395 e. The highest BCUT2D eigenvalue weighted by Crippen LogP contribution is 2.44. The maximum Gasteiger partial charge on any atom is 0.229 e. The lowest BCUT2D eigenvalue weighted by atomic mass is 9.84. The Morgan fingerprint density at radius 1 is 1.26 bits per heavy atom. The lowest BCUT2D eigenvalue weighted by Crippen LogP contribution is -2.39. The lowest BCUT2D eigenvalue weighted by molar-refractivity contribution is 0.128. The van der Waals surface area contributed by atoms with Gasteiger partial charge in [-0.05, 0) is 39.4 Å². The van der Waals surface area contributed by atoms with Crippen LogP contribution in [0.3, 0.4) is 0 Å². The molecule has 2 N–H and O–H groups in total. The summed E-state index contributed by atoms with van der Waals surface area (Å²) in [5.41, 5.74) is 1.20. The molecular formula is C16H18BrN3O2S. The maximum atomic E-state index is 9.90. The molecule has 0 amide bonds. The maximum absolute atomic E-state index is 9.90. The van der Waals surface area contributed by atoms with Crippen molar-refractivity contribution in [3.8, 4) is 0 Å². The van der Waals surface area contributed by atoms with Gasteiger partial charge in [-0.1, -0.05) is 13.0 Å². The quantitative estimate of drug-likeness (QED) is 0.758. The van der Waals surface area contributed by atoms with E-state index in [-0.39, 0.29) is 13.2 Å². The summed E-state index contributed by atoms with van der Waals surface area (Å²) in [7, 11) is 0. The van der Waals surface area contributed by atoms with E-state index in [0.29, 0.717) is 12.5 Å². The normalized spacial score (nSPS) is 15.7. The number of aromatic nitrogens is 2. The summed E-state index contributed by atoms with van der Waals surface area (Å²) in [6.45, 7) is 2.32. The number of rotatable bonds is 5. The number of aliphatic hydroxyl groups is 2. The van der Waals surface area contributed by atoms with Crippen LogP contribution in [-0.4, -0.2) is 45.7 Å². The molecule has 0 saturated carbocycles. The van der Waals surface area contributed by atoms with Crippen molar-refractivity contribution in [1.29, 1.82) is 0 Å². The van der Waals surface area contributed by atoms with Gasteiger partial charge in [0.25, 0.3) is 0 Å². The van der Waals surface area contributed by atoms with E-state index in [1.807, 2.05) is 17.0 Å². The molecule has 0 bridgehead atoms. The SMILES string of the molecule is CCSc1ccc2c(c1)N(c1ncc(Br)cn1)CC2(CO)CO. The third kappa shape index (κ3) is 2.98. The number of thioether (sulfide) groups is 1. The summed E-state index contributed by atoms with van der Waals surface area (Å²) in [5.74, 6) is 1.55. The second kappa shape index (κ2) is 6.76. The topological polar surface area (TPSA) is 69.5 Å². The van der Waals surface area contributed by atoms with Crippen molar-refractivity contribution in [3.63, 3.8) is 0 Å². The van der Waals surface area contributed by atoms with Gasteiger partial charge in [0.1, 0.15) is 0 Å². The molecule has 5 nitrogen and oxygen atoms in total. The molecule has 1 aliphatic heterocycles. The number of nitrogens with zero attached hydrogens (tertiary/aromatic N) is 3. The molecule has 2 heterocycles. The summed E-state index contributed by atoms with van der Waals surface area (Å²) in [4.78, 5) is 11.9. The molecule has 1 aromatic carbocycles. The van der Waals surface area contributed by atoms with Gasteiger partial charge in [0.15, 0.2) is 0 Å². The Hall–Kier alpha value is -1.15. The molecule has 3 rings (SSSR count). The predicted octanol–water partition coefficient (Wildman–Crippen LogP) is 2.73. The van der Waals surface area contributed by atoms with Gasteiger partial charge in [-0.2, -0.15) is 0 Å². The highest BCUT2D eigenvalue weighted by atomic mass is 79.9. The summed E-state index contributed by atoms with van der Waals surface area (Å²) in [5, 5.41) is 19.8. The highest BCUT2D eigenvalue weighted by molar-refractivity contribution is 9.10. The Bertz CT molecular complexity index is 692. The van der Waals surface area contributed by atoms with Crippen molar-refractivity contribution in [3.05, 3.63) is 40.6 Å². The van der Waals surface area contributed by atoms with Crippen LogP contribution in [0.25, 0.3) is 0 Å². The first-order valence-corrected chi connectivity index (χ1v) is 9.15. The van der Waals surface area contributed by atoms with E-state index in [0.717, 1.165) is 26.4 Å². The van der Waals surface area contributed by atoms with Crippen molar-refractivity contribution in [2.75, 3.05) is 30.4 Å². The van der Waals surface area contributed by atoms with Crippen molar-refractivity contribution < 1.29 is 10.2 Å². The molecule has 0 atom stereocenters. The average molecular weight is 396 g/mol. The molecule has 0 spiro atoms. The molecule has 7 heteroatoms. The number of aliphatic hydroxyl groups excluding tert-OH is 2. The van der Waals surface area contributed by atoms with Gasteiger partial charge >= 0.3 is 0 Å². The highest BCUT2D eigenvalue weighted by Gasteiger charge is 2.43. The molecular weight excluding hydrogens is 378 g/mol. The summed E-state index contributed by atoms with van der Waals surface area (Å²) < 4.78 is 0.812. The van der Waals surface area contributed by atoms with Gasteiger partial charge < -0.3 is 15.1 Å². The van der Waals surface area contributed by atoms with E-state index in [1.165, 1.54) is 0 Å². The average Bonchev–Trinajstić information content (AvgIpc) is 2.90. The standard InChI is InChI=1S/C16H18BrN3O2S/c1-2-23-12-3-4-13-14(5-12)20(8-16(13,9-21)10-22)15-18-6-11(17)7-19-15/h3-7,21-22H,2,8-10H2,1H3. The first-order chi connectivity index (χ1) is 11.1. The summed E-state index contributed by atoms with van der Waals surface area (Å²) >= 11 is 5.10. The first-order valence-electron chi connectivity index (χ1n) is 7.37. The number of hydrogen-bond acceptors (Lipinski definition) is 6. The Morgan fingerprint density at radius 2 is 1.96 bits per heavy atom. The van der Waals surface area contributed by atoms with Crippen LogP contribution in [-0.2, 0) is 5.41 Å². The second-order valence-electron chi connectivity index (χ2n) is 5.50. The Morgan fingerprint density at radius 3 is 2.57 bits per heavy atom. The van der Waals surface area contributed by atoms with Crippen molar-refractivity contribution >= 4 is 39.3 Å². The fourth-order valence-electron chi connectivity index (χ4n) is 2.86. The van der Waals surface area contributed by atoms with Crippen LogP contribution in [0, 0.1) is 0 Å². The minimum absolute atomic E-state index is 0.121. The molecule has 122 valence electrons. The van der Waals surface area contributed by atoms with Gasteiger partial charge in [-0.3, -0.25) is 0 Å². The second-order valence-corrected chi connectivity index (χ2v) is 7.75. The van der Waals surface area contributed by atoms with E-state index < -0.39 is 5.41 Å². The third-order valence-corrected chi connectivity index (χ3v) is 5.34. The Kier molecular flexibility index (Phi) is 4.91.